The molecule has 0 amide bonds. The number of aromatic nitrogens is 2. The Bertz CT molecular complexity index is 602. The van der Waals surface area contributed by atoms with Gasteiger partial charge in [-0.25, -0.2) is 0 Å². The van der Waals surface area contributed by atoms with Gasteiger partial charge >= 0.3 is 0 Å². The number of hydrogen-bond acceptors (Lipinski definition) is 3. The second-order valence-electron chi connectivity index (χ2n) is 4.60. The summed E-state index contributed by atoms with van der Waals surface area (Å²) in [5.41, 5.74) is 2.60. The number of aryl methyl sites for hydroxylation is 2. The number of para-hydroxylation sites is 1. The first kappa shape index (κ1) is 14.3. The Labute approximate surface area is 119 Å². The first-order valence-corrected chi connectivity index (χ1v) is 6.91. The SMILES string of the molecule is CCc1cc(CC(=O)c2ccccc2OC)n(CC)n1. The van der Waals surface area contributed by atoms with Gasteiger partial charge in [0.1, 0.15) is 5.75 Å². The van der Waals surface area contributed by atoms with E-state index in [4.69, 9.17) is 4.74 Å². The van der Waals surface area contributed by atoms with Crippen LogP contribution in [-0.2, 0) is 19.4 Å². The molecule has 0 aliphatic heterocycles. The second-order valence-corrected chi connectivity index (χ2v) is 4.60. The lowest BCUT2D eigenvalue weighted by Gasteiger charge is -2.08. The topological polar surface area (TPSA) is 44.1 Å². The Kier molecular flexibility index (Phi) is 4.56. The third-order valence-corrected chi connectivity index (χ3v) is 3.32. The smallest absolute Gasteiger partial charge is 0.172 e. The fourth-order valence-corrected chi connectivity index (χ4v) is 2.24. The summed E-state index contributed by atoms with van der Waals surface area (Å²) in [5, 5.41) is 4.47. The molecule has 0 saturated carbocycles. The predicted molar refractivity (Wildman–Crippen MR) is 78.3 cm³/mol. The summed E-state index contributed by atoms with van der Waals surface area (Å²) in [4.78, 5) is 12.4. The van der Waals surface area contributed by atoms with E-state index in [2.05, 4.69) is 12.0 Å². The minimum absolute atomic E-state index is 0.0553. The maximum atomic E-state index is 12.4. The van der Waals surface area contributed by atoms with E-state index in [1.54, 1.807) is 13.2 Å². The van der Waals surface area contributed by atoms with E-state index in [9.17, 15) is 4.79 Å². The van der Waals surface area contributed by atoms with Gasteiger partial charge in [0.2, 0.25) is 0 Å². The molecule has 2 aromatic rings. The molecule has 0 aliphatic carbocycles. The molecule has 0 bridgehead atoms. The van der Waals surface area contributed by atoms with E-state index in [1.807, 2.05) is 35.9 Å². The molecular formula is C16H20N2O2. The Morgan fingerprint density at radius 1 is 1.30 bits per heavy atom. The van der Waals surface area contributed by atoms with Crippen LogP contribution in [0.1, 0.15) is 35.6 Å². The number of benzene rings is 1. The molecule has 20 heavy (non-hydrogen) atoms. The Hall–Kier alpha value is -2.10. The molecule has 0 fully saturated rings. The van der Waals surface area contributed by atoms with Crippen LogP contribution in [0.15, 0.2) is 30.3 Å². The first-order valence-electron chi connectivity index (χ1n) is 6.91. The minimum atomic E-state index is 0.0553. The summed E-state index contributed by atoms with van der Waals surface area (Å²) in [6.07, 6.45) is 1.23. The van der Waals surface area contributed by atoms with Crippen LogP contribution in [-0.4, -0.2) is 22.7 Å². The highest BCUT2D eigenvalue weighted by Gasteiger charge is 2.15. The van der Waals surface area contributed by atoms with E-state index in [0.717, 1.165) is 24.4 Å². The standard InChI is InChI=1S/C16H20N2O2/c1-4-12-10-13(18(5-2)17-12)11-15(19)14-8-6-7-9-16(14)20-3/h6-10H,4-5,11H2,1-3H3. The van der Waals surface area contributed by atoms with Crippen LogP contribution in [0.3, 0.4) is 0 Å². The Morgan fingerprint density at radius 2 is 2.05 bits per heavy atom. The summed E-state index contributed by atoms with van der Waals surface area (Å²) in [6, 6.07) is 9.33. The quantitative estimate of drug-likeness (QED) is 0.759. The molecule has 0 atom stereocenters. The highest BCUT2D eigenvalue weighted by atomic mass is 16.5. The largest absolute Gasteiger partial charge is 0.496 e. The zero-order chi connectivity index (χ0) is 14.5. The predicted octanol–water partition coefficient (Wildman–Crippen LogP) is 2.90. The van der Waals surface area contributed by atoms with Gasteiger partial charge in [-0.1, -0.05) is 19.1 Å². The fraction of sp³-hybridized carbons (Fsp3) is 0.375. The summed E-state index contributed by atoms with van der Waals surface area (Å²) in [7, 11) is 1.58. The number of nitrogens with zero attached hydrogens (tertiary/aromatic N) is 2. The van der Waals surface area contributed by atoms with E-state index in [1.165, 1.54) is 0 Å². The molecule has 0 N–H and O–H groups in total. The lowest BCUT2D eigenvalue weighted by Crippen LogP contribution is -2.10. The van der Waals surface area contributed by atoms with Crippen LogP contribution >= 0.6 is 0 Å². The molecule has 2 rings (SSSR count). The average molecular weight is 272 g/mol. The molecule has 0 saturated heterocycles. The minimum Gasteiger partial charge on any atom is -0.496 e. The van der Waals surface area contributed by atoms with Gasteiger partial charge in [-0.05, 0) is 31.5 Å². The molecule has 0 unspecified atom stereocenters. The highest BCUT2D eigenvalue weighted by Crippen LogP contribution is 2.20. The molecular weight excluding hydrogens is 252 g/mol. The van der Waals surface area contributed by atoms with Crippen molar-refractivity contribution in [3.05, 3.63) is 47.3 Å². The molecule has 106 valence electrons. The summed E-state index contributed by atoms with van der Waals surface area (Å²) in [5.74, 6) is 0.676. The van der Waals surface area contributed by atoms with Crippen LogP contribution in [0.5, 0.6) is 5.75 Å². The van der Waals surface area contributed by atoms with Crippen molar-refractivity contribution in [1.29, 1.82) is 0 Å². The van der Waals surface area contributed by atoms with Crippen molar-refractivity contribution in [2.75, 3.05) is 7.11 Å². The summed E-state index contributed by atoms with van der Waals surface area (Å²) >= 11 is 0. The van der Waals surface area contributed by atoms with E-state index in [0.29, 0.717) is 17.7 Å². The number of Topliss-reactive ketones (excluding diaryl/α,β-unsaturated/α-hetero) is 1. The van der Waals surface area contributed by atoms with Crippen LogP contribution in [0.25, 0.3) is 0 Å². The maximum absolute atomic E-state index is 12.4. The summed E-state index contributed by atoms with van der Waals surface area (Å²) < 4.78 is 7.14. The molecule has 4 nitrogen and oxygen atoms in total. The summed E-state index contributed by atoms with van der Waals surface area (Å²) in [6.45, 7) is 4.87. The number of methoxy groups -OCH3 is 1. The number of ketones is 1. The van der Waals surface area contributed by atoms with Crippen molar-refractivity contribution in [3.8, 4) is 5.75 Å². The maximum Gasteiger partial charge on any atom is 0.172 e. The third kappa shape index (κ3) is 2.90. The number of rotatable bonds is 6. The number of carbonyl (C=O) groups is 1. The van der Waals surface area contributed by atoms with E-state index < -0.39 is 0 Å². The lowest BCUT2D eigenvalue weighted by atomic mass is 10.1. The Morgan fingerprint density at radius 3 is 2.70 bits per heavy atom. The van der Waals surface area contributed by atoms with Gasteiger partial charge in [-0.15, -0.1) is 0 Å². The second kappa shape index (κ2) is 6.37. The third-order valence-electron chi connectivity index (χ3n) is 3.32. The fourth-order valence-electron chi connectivity index (χ4n) is 2.24. The molecule has 4 heteroatoms. The van der Waals surface area contributed by atoms with Crippen molar-refractivity contribution >= 4 is 5.78 Å². The molecule has 0 spiro atoms. The van der Waals surface area contributed by atoms with Gasteiger partial charge < -0.3 is 4.74 Å². The lowest BCUT2D eigenvalue weighted by molar-refractivity contribution is 0.0987. The zero-order valence-electron chi connectivity index (χ0n) is 12.2. The van der Waals surface area contributed by atoms with E-state index >= 15 is 0 Å². The Balaban J connectivity index is 2.25. The zero-order valence-corrected chi connectivity index (χ0v) is 12.2. The number of ether oxygens (including phenoxy) is 1. The van der Waals surface area contributed by atoms with Gasteiger partial charge in [0, 0.05) is 12.2 Å². The van der Waals surface area contributed by atoms with Crippen molar-refractivity contribution in [2.45, 2.75) is 33.2 Å². The number of hydrogen-bond donors (Lipinski definition) is 0. The first-order chi connectivity index (χ1) is 9.69. The monoisotopic (exact) mass is 272 g/mol. The van der Waals surface area contributed by atoms with Gasteiger partial charge in [-0.2, -0.15) is 5.10 Å². The molecule has 1 aromatic carbocycles. The van der Waals surface area contributed by atoms with Crippen molar-refractivity contribution in [2.24, 2.45) is 0 Å². The van der Waals surface area contributed by atoms with Crippen molar-refractivity contribution < 1.29 is 9.53 Å². The molecule has 1 aromatic heterocycles. The molecule has 1 heterocycles. The van der Waals surface area contributed by atoms with Crippen molar-refractivity contribution in [3.63, 3.8) is 0 Å². The van der Waals surface area contributed by atoms with Gasteiger partial charge in [-0.3, -0.25) is 9.48 Å². The molecule has 0 radical (unpaired) electrons. The van der Waals surface area contributed by atoms with Gasteiger partial charge in [0.15, 0.2) is 5.78 Å². The van der Waals surface area contributed by atoms with Gasteiger partial charge in [0.05, 0.1) is 24.8 Å². The van der Waals surface area contributed by atoms with Crippen LogP contribution in [0.4, 0.5) is 0 Å². The molecule has 0 aliphatic rings. The van der Waals surface area contributed by atoms with Gasteiger partial charge in [0.25, 0.3) is 0 Å². The normalized spacial score (nSPS) is 10.6. The van der Waals surface area contributed by atoms with Crippen LogP contribution in [0, 0.1) is 0 Å². The highest BCUT2D eigenvalue weighted by molar-refractivity contribution is 5.99. The average Bonchev–Trinajstić information content (AvgIpc) is 2.89. The van der Waals surface area contributed by atoms with Crippen LogP contribution < -0.4 is 4.74 Å². The van der Waals surface area contributed by atoms with E-state index in [-0.39, 0.29) is 5.78 Å². The number of carbonyl (C=O) groups excluding carboxylic acids is 1. The van der Waals surface area contributed by atoms with Crippen LogP contribution in [0.2, 0.25) is 0 Å². The van der Waals surface area contributed by atoms with Crippen molar-refractivity contribution in [1.82, 2.24) is 9.78 Å².